The molecule has 25 heavy (non-hydrogen) atoms. The second-order valence-corrected chi connectivity index (χ2v) is 5.27. The maximum absolute atomic E-state index is 12.1. The molecule has 0 aliphatic heterocycles. The number of hydrogen-bond acceptors (Lipinski definition) is 4. The number of ether oxygens (including phenoxy) is 3. The van der Waals surface area contributed by atoms with Crippen LogP contribution in [0.15, 0.2) is 42.5 Å². The third-order valence-corrected chi connectivity index (χ3v) is 3.56. The van der Waals surface area contributed by atoms with Gasteiger partial charge in [0.05, 0.1) is 20.8 Å². The van der Waals surface area contributed by atoms with E-state index in [0.29, 0.717) is 36.8 Å². The first-order chi connectivity index (χ1) is 12.2. The summed E-state index contributed by atoms with van der Waals surface area (Å²) in [4.78, 5) is 12.1. The summed E-state index contributed by atoms with van der Waals surface area (Å²) in [5.74, 6) is 2.07. The lowest BCUT2D eigenvalue weighted by atomic mass is 10.1. The summed E-state index contributed by atoms with van der Waals surface area (Å²) < 4.78 is 16.0. The van der Waals surface area contributed by atoms with Gasteiger partial charge in [-0.05, 0) is 25.0 Å². The Balaban J connectivity index is 1.89. The second kappa shape index (κ2) is 9.42. The van der Waals surface area contributed by atoms with E-state index in [9.17, 15) is 4.79 Å². The molecule has 0 fully saturated rings. The van der Waals surface area contributed by atoms with E-state index < -0.39 is 0 Å². The molecule has 0 radical (unpaired) electrons. The first-order valence-electron chi connectivity index (χ1n) is 8.15. The lowest BCUT2D eigenvalue weighted by Crippen LogP contribution is -2.30. The number of benzene rings is 2. The lowest BCUT2D eigenvalue weighted by molar-refractivity contribution is 0.252. The van der Waals surface area contributed by atoms with Gasteiger partial charge in [-0.1, -0.05) is 18.2 Å². The maximum atomic E-state index is 12.1. The second-order valence-electron chi connectivity index (χ2n) is 5.27. The zero-order valence-electron chi connectivity index (χ0n) is 14.8. The van der Waals surface area contributed by atoms with Crippen LogP contribution in [0.1, 0.15) is 12.5 Å². The molecule has 0 heterocycles. The molecule has 2 N–H and O–H groups in total. The molecule has 0 spiro atoms. The van der Waals surface area contributed by atoms with E-state index in [4.69, 9.17) is 14.2 Å². The number of urea groups is 1. The molecule has 0 saturated heterocycles. The van der Waals surface area contributed by atoms with Crippen molar-refractivity contribution in [3.63, 3.8) is 0 Å². The number of carbonyl (C=O) groups excluding carboxylic acids is 1. The Morgan fingerprint density at radius 3 is 2.36 bits per heavy atom. The first-order valence-corrected chi connectivity index (χ1v) is 8.15. The molecule has 0 aliphatic carbocycles. The molecule has 0 aromatic heterocycles. The summed E-state index contributed by atoms with van der Waals surface area (Å²) in [6.45, 7) is 3.06. The minimum Gasteiger partial charge on any atom is -0.497 e. The molecule has 0 bridgehead atoms. The maximum Gasteiger partial charge on any atom is 0.319 e. The van der Waals surface area contributed by atoms with Crippen molar-refractivity contribution >= 4 is 11.7 Å². The summed E-state index contributed by atoms with van der Waals surface area (Å²) in [6, 6.07) is 12.7. The van der Waals surface area contributed by atoms with Crippen LogP contribution >= 0.6 is 0 Å². The first kappa shape index (κ1) is 18.4. The van der Waals surface area contributed by atoms with Gasteiger partial charge in [-0.15, -0.1) is 0 Å². The fourth-order valence-electron chi connectivity index (χ4n) is 2.37. The fourth-order valence-corrected chi connectivity index (χ4v) is 2.37. The van der Waals surface area contributed by atoms with Crippen LogP contribution in [-0.4, -0.2) is 33.4 Å². The minimum atomic E-state index is -0.288. The van der Waals surface area contributed by atoms with Crippen LogP contribution in [0, 0.1) is 0 Å². The molecule has 134 valence electrons. The number of rotatable bonds is 8. The van der Waals surface area contributed by atoms with Crippen molar-refractivity contribution < 1.29 is 19.0 Å². The van der Waals surface area contributed by atoms with E-state index >= 15 is 0 Å². The van der Waals surface area contributed by atoms with Crippen molar-refractivity contribution in [2.75, 3.05) is 32.7 Å². The topological polar surface area (TPSA) is 68.8 Å². The van der Waals surface area contributed by atoms with Gasteiger partial charge in [-0.25, -0.2) is 4.79 Å². The molecule has 0 aliphatic rings. The summed E-state index contributed by atoms with van der Waals surface area (Å²) in [5, 5.41) is 5.61. The Kier molecular flexibility index (Phi) is 6.95. The van der Waals surface area contributed by atoms with Gasteiger partial charge >= 0.3 is 6.03 Å². The van der Waals surface area contributed by atoms with Crippen LogP contribution in [0.2, 0.25) is 0 Å². The number of methoxy groups -OCH3 is 2. The van der Waals surface area contributed by atoms with Crippen LogP contribution in [0.4, 0.5) is 10.5 Å². The Hall–Kier alpha value is -2.89. The molecule has 2 amide bonds. The smallest absolute Gasteiger partial charge is 0.319 e. The predicted octanol–water partition coefficient (Wildman–Crippen LogP) is 3.47. The van der Waals surface area contributed by atoms with E-state index in [1.165, 1.54) is 0 Å². The SMILES string of the molecule is CCOc1ccccc1CCNC(=O)Nc1cc(OC)cc(OC)c1. The van der Waals surface area contributed by atoms with E-state index in [1.54, 1.807) is 32.4 Å². The van der Waals surface area contributed by atoms with Gasteiger partial charge in [0, 0.05) is 30.4 Å². The number of anilines is 1. The van der Waals surface area contributed by atoms with Crippen LogP contribution in [0.25, 0.3) is 0 Å². The highest BCUT2D eigenvalue weighted by Crippen LogP contribution is 2.25. The fraction of sp³-hybridized carbons (Fsp3) is 0.316. The van der Waals surface area contributed by atoms with Crippen LogP contribution in [-0.2, 0) is 6.42 Å². The predicted molar refractivity (Wildman–Crippen MR) is 97.9 cm³/mol. The molecular formula is C19H24N2O4. The van der Waals surface area contributed by atoms with Crippen LogP contribution in [0.3, 0.4) is 0 Å². The highest BCUT2D eigenvalue weighted by molar-refractivity contribution is 5.89. The largest absolute Gasteiger partial charge is 0.497 e. The van der Waals surface area contributed by atoms with Crippen molar-refractivity contribution in [1.29, 1.82) is 0 Å². The third-order valence-electron chi connectivity index (χ3n) is 3.56. The molecule has 2 rings (SSSR count). The molecule has 6 nitrogen and oxygen atoms in total. The molecule has 2 aromatic rings. The van der Waals surface area contributed by atoms with Gasteiger partial charge in [-0.3, -0.25) is 0 Å². The molecule has 6 heteroatoms. The number of nitrogens with one attached hydrogen (secondary N) is 2. The number of hydrogen-bond donors (Lipinski definition) is 2. The standard InChI is InChI=1S/C19H24N2O4/c1-4-25-18-8-6-5-7-14(18)9-10-20-19(22)21-15-11-16(23-2)13-17(12-15)24-3/h5-8,11-13H,4,9-10H2,1-3H3,(H2,20,21,22). The van der Waals surface area contributed by atoms with Gasteiger partial charge in [0.2, 0.25) is 0 Å². The van der Waals surface area contributed by atoms with Gasteiger partial charge in [-0.2, -0.15) is 0 Å². The van der Waals surface area contributed by atoms with Gasteiger partial charge in [0.25, 0.3) is 0 Å². The average molecular weight is 344 g/mol. The van der Waals surface area contributed by atoms with E-state index in [0.717, 1.165) is 11.3 Å². The zero-order chi connectivity index (χ0) is 18.1. The summed E-state index contributed by atoms with van der Waals surface area (Å²) in [7, 11) is 3.13. The number of para-hydroxylation sites is 1. The number of amides is 2. The monoisotopic (exact) mass is 344 g/mol. The molecular weight excluding hydrogens is 320 g/mol. The van der Waals surface area contributed by atoms with Crippen molar-refractivity contribution in [3.05, 3.63) is 48.0 Å². The van der Waals surface area contributed by atoms with Gasteiger partial charge in [0.1, 0.15) is 17.2 Å². The van der Waals surface area contributed by atoms with Crippen LogP contribution < -0.4 is 24.8 Å². The van der Waals surface area contributed by atoms with E-state index in [-0.39, 0.29) is 6.03 Å². The Morgan fingerprint density at radius 1 is 1.04 bits per heavy atom. The third kappa shape index (κ3) is 5.60. The van der Waals surface area contributed by atoms with Gasteiger partial charge in [0.15, 0.2) is 0 Å². The molecule has 0 saturated carbocycles. The summed E-state index contributed by atoms with van der Waals surface area (Å²) in [6.07, 6.45) is 0.686. The zero-order valence-corrected chi connectivity index (χ0v) is 14.8. The van der Waals surface area contributed by atoms with Crippen molar-refractivity contribution in [1.82, 2.24) is 5.32 Å². The van der Waals surface area contributed by atoms with E-state index in [2.05, 4.69) is 10.6 Å². The van der Waals surface area contributed by atoms with Crippen molar-refractivity contribution in [3.8, 4) is 17.2 Å². The Labute approximate surface area is 148 Å². The number of carbonyl (C=O) groups is 1. The summed E-state index contributed by atoms with van der Waals surface area (Å²) in [5.41, 5.74) is 1.66. The molecule has 0 unspecified atom stereocenters. The normalized spacial score (nSPS) is 10.0. The van der Waals surface area contributed by atoms with Gasteiger partial charge < -0.3 is 24.8 Å². The van der Waals surface area contributed by atoms with Crippen LogP contribution in [0.5, 0.6) is 17.2 Å². The molecule has 0 atom stereocenters. The lowest BCUT2D eigenvalue weighted by Gasteiger charge is -2.12. The minimum absolute atomic E-state index is 0.288. The Morgan fingerprint density at radius 2 is 1.72 bits per heavy atom. The average Bonchev–Trinajstić information content (AvgIpc) is 2.63. The van der Waals surface area contributed by atoms with Crippen molar-refractivity contribution in [2.24, 2.45) is 0 Å². The quantitative estimate of drug-likeness (QED) is 0.769. The van der Waals surface area contributed by atoms with E-state index in [1.807, 2.05) is 31.2 Å². The Bertz CT molecular complexity index is 681. The highest BCUT2D eigenvalue weighted by atomic mass is 16.5. The highest BCUT2D eigenvalue weighted by Gasteiger charge is 2.07. The van der Waals surface area contributed by atoms with Crippen molar-refractivity contribution in [2.45, 2.75) is 13.3 Å². The molecule has 2 aromatic carbocycles. The summed E-state index contributed by atoms with van der Waals surface area (Å²) >= 11 is 0.